The fourth-order valence-electron chi connectivity index (χ4n) is 2.44. The summed E-state index contributed by atoms with van der Waals surface area (Å²) in [5.74, 6) is 0.844. The summed E-state index contributed by atoms with van der Waals surface area (Å²) >= 11 is 0. The van der Waals surface area contributed by atoms with Crippen molar-refractivity contribution in [3.8, 4) is 0 Å². The number of fused-ring (bicyclic) bond motifs is 1. The number of aryl methyl sites for hydroxylation is 1. The fraction of sp³-hybridized carbons (Fsp3) is 0.375. The van der Waals surface area contributed by atoms with Crippen molar-refractivity contribution in [1.29, 1.82) is 0 Å². The van der Waals surface area contributed by atoms with Crippen LogP contribution >= 0.6 is 0 Å². The van der Waals surface area contributed by atoms with E-state index in [2.05, 4.69) is 55.5 Å². The van der Waals surface area contributed by atoms with Gasteiger partial charge in [0.25, 0.3) is 0 Å². The lowest BCUT2D eigenvalue weighted by atomic mass is 9.82. The van der Waals surface area contributed by atoms with Crippen molar-refractivity contribution in [3.05, 3.63) is 59.7 Å². The molecule has 16 heavy (non-hydrogen) atoms. The molecule has 1 atom stereocenters. The van der Waals surface area contributed by atoms with Gasteiger partial charge in [-0.3, -0.25) is 0 Å². The molecule has 0 saturated carbocycles. The van der Waals surface area contributed by atoms with E-state index in [0.29, 0.717) is 0 Å². The van der Waals surface area contributed by atoms with Crippen LogP contribution in [0.4, 0.5) is 0 Å². The number of allylic oxidation sites excluding steroid dienone is 4. The van der Waals surface area contributed by atoms with E-state index in [1.807, 2.05) is 0 Å². The van der Waals surface area contributed by atoms with Crippen LogP contribution < -0.4 is 0 Å². The minimum absolute atomic E-state index is 0.844. The second-order valence-electron chi connectivity index (χ2n) is 4.57. The lowest BCUT2D eigenvalue weighted by Crippen LogP contribution is -2.13. The van der Waals surface area contributed by atoms with Crippen LogP contribution in [-0.2, 0) is 12.8 Å². The summed E-state index contributed by atoms with van der Waals surface area (Å²) in [7, 11) is 0. The molecular weight excluding hydrogens is 192 g/mol. The Hall–Kier alpha value is -1.30. The van der Waals surface area contributed by atoms with E-state index >= 15 is 0 Å². The fourth-order valence-corrected chi connectivity index (χ4v) is 2.44. The van der Waals surface area contributed by atoms with Crippen LogP contribution in [0.15, 0.2) is 48.6 Å². The van der Waals surface area contributed by atoms with Crippen LogP contribution in [-0.4, -0.2) is 0 Å². The molecule has 0 spiro atoms. The molecule has 1 aliphatic carbocycles. The summed E-state index contributed by atoms with van der Waals surface area (Å²) in [5, 5.41) is 0. The van der Waals surface area contributed by atoms with Gasteiger partial charge in [-0.05, 0) is 49.7 Å². The number of benzene rings is 1. The highest BCUT2D eigenvalue weighted by Crippen LogP contribution is 2.27. The van der Waals surface area contributed by atoms with E-state index in [1.165, 1.54) is 25.7 Å². The third-order valence-electron chi connectivity index (χ3n) is 3.36. The Morgan fingerprint density at radius 1 is 1.19 bits per heavy atom. The monoisotopic (exact) mass is 212 g/mol. The summed E-state index contributed by atoms with van der Waals surface area (Å²) in [6.07, 6.45) is 13.7. The van der Waals surface area contributed by atoms with Crippen LogP contribution in [0, 0.1) is 5.92 Å². The minimum Gasteiger partial charge on any atom is -0.0877 e. The van der Waals surface area contributed by atoms with Crippen molar-refractivity contribution >= 4 is 0 Å². The largest absolute Gasteiger partial charge is 0.0877 e. The Kier molecular flexibility index (Phi) is 3.98. The molecule has 0 N–H and O–H groups in total. The van der Waals surface area contributed by atoms with E-state index in [4.69, 9.17) is 0 Å². The van der Waals surface area contributed by atoms with Gasteiger partial charge in [0, 0.05) is 0 Å². The molecular formula is C16H20. The Bertz CT molecular complexity index is 385. The first-order chi connectivity index (χ1) is 7.90. The van der Waals surface area contributed by atoms with Crippen LogP contribution in [0.1, 0.15) is 30.9 Å². The number of rotatable bonds is 3. The van der Waals surface area contributed by atoms with Gasteiger partial charge in [-0.2, -0.15) is 0 Å². The molecule has 1 aliphatic rings. The van der Waals surface area contributed by atoms with Crippen LogP contribution in [0.3, 0.4) is 0 Å². The van der Waals surface area contributed by atoms with Gasteiger partial charge in [0.05, 0.1) is 0 Å². The van der Waals surface area contributed by atoms with Gasteiger partial charge in [-0.15, -0.1) is 0 Å². The zero-order valence-electron chi connectivity index (χ0n) is 10.0. The Balaban J connectivity index is 1.93. The van der Waals surface area contributed by atoms with Gasteiger partial charge in [-0.1, -0.05) is 48.6 Å². The molecule has 0 nitrogen and oxygen atoms in total. The molecule has 1 aromatic carbocycles. The average Bonchev–Trinajstić information content (AvgIpc) is 2.34. The predicted octanol–water partition coefficient (Wildman–Crippen LogP) is 4.31. The number of hydrogen-bond acceptors (Lipinski definition) is 0. The van der Waals surface area contributed by atoms with E-state index in [9.17, 15) is 0 Å². The summed E-state index contributed by atoms with van der Waals surface area (Å²) in [6, 6.07) is 8.89. The zero-order valence-corrected chi connectivity index (χ0v) is 10.0. The van der Waals surface area contributed by atoms with Crippen molar-refractivity contribution in [2.24, 2.45) is 5.92 Å². The normalized spacial score (nSPS) is 20.4. The summed E-state index contributed by atoms with van der Waals surface area (Å²) in [6.45, 7) is 2.06. The van der Waals surface area contributed by atoms with Gasteiger partial charge >= 0.3 is 0 Å². The van der Waals surface area contributed by atoms with Crippen LogP contribution in [0.25, 0.3) is 0 Å². The van der Waals surface area contributed by atoms with Crippen molar-refractivity contribution in [3.63, 3.8) is 0 Å². The van der Waals surface area contributed by atoms with Gasteiger partial charge in [-0.25, -0.2) is 0 Å². The second-order valence-corrected chi connectivity index (χ2v) is 4.57. The lowest BCUT2D eigenvalue weighted by molar-refractivity contribution is 0.464. The number of hydrogen-bond donors (Lipinski definition) is 0. The first-order valence-corrected chi connectivity index (χ1v) is 6.24. The molecule has 0 bridgehead atoms. The highest BCUT2D eigenvalue weighted by molar-refractivity contribution is 5.29. The molecule has 0 amide bonds. The highest BCUT2D eigenvalue weighted by atomic mass is 14.2. The second kappa shape index (κ2) is 5.69. The third-order valence-corrected chi connectivity index (χ3v) is 3.36. The van der Waals surface area contributed by atoms with E-state index < -0.39 is 0 Å². The molecule has 1 unspecified atom stereocenters. The summed E-state index contributed by atoms with van der Waals surface area (Å²) in [5.41, 5.74) is 3.13. The maximum absolute atomic E-state index is 2.30. The predicted molar refractivity (Wildman–Crippen MR) is 70.5 cm³/mol. The van der Waals surface area contributed by atoms with E-state index in [0.717, 1.165) is 5.92 Å². The molecule has 0 aliphatic heterocycles. The first kappa shape index (κ1) is 11.2. The van der Waals surface area contributed by atoms with Crippen LogP contribution in [0.5, 0.6) is 0 Å². The van der Waals surface area contributed by atoms with Crippen molar-refractivity contribution < 1.29 is 0 Å². The van der Waals surface area contributed by atoms with Gasteiger partial charge < -0.3 is 0 Å². The zero-order chi connectivity index (χ0) is 11.2. The van der Waals surface area contributed by atoms with Gasteiger partial charge in [0.2, 0.25) is 0 Å². The molecule has 0 heterocycles. The van der Waals surface area contributed by atoms with Crippen molar-refractivity contribution in [2.75, 3.05) is 0 Å². The van der Waals surface area contributed by atoms with E-state index in [-0.39, 0.29) is 0 Å². The summed E-state index contributed by atoms with van der Waals surface area (Å²) in [4.78, 5) is 0. The van der Waals surface area contributed by atoms with Gasteiger partial charge in [0.15, 0.2) is 0 Å². The quantitative estimate of drug-likeness (QED) is 0.655. The third kappa shape index (κ3) is 2.85. The Morgan fingerprint density at radius 2 is 2.00 bits per heavy atom. The van der Waals surface area contributed by atoms with Crippen molar-refractivity contribution in [1.82, 2.24) is 0 Å². The molecule has 84 valence electrons. The smallest absolute Gasteiger partial charge is 0.0245 e. The average molecular weight is 212 g/mol. The molecule has 0 fully saturated rings. The molecule has 0 aromatic heterocycles. The Morgan fingerprint density at radius 3 is 2.81 bits per heavy atom. The SMILES string of the molecule is C/C=C\C=C\CC1CCc2ccccc2C1. The maximum atomic E-state index is 2.30. The molecule has 2 rings (SSSR count). The molecule has 0 saturated heterocycles. The van der Waals surface area contributed by atoms with Crippen LogP contribution in [0.2, 0.25) is 0 Å². The maximum Gasteiger partial charge on any atom is -0.0245 e. The van der Waals surface area contributed by atoms with Gasteiger partial charge in [0.1, 0.15) is 0 Å². The molecule has 0 radical (unpaired) electrons. The molecule has 0 heteroatoms. The first-order valence-electron chi connectivity index (χ1n) is 6.24. The van der Waals surface area contributed by atoms with Crippen molar-refractivity contribution in [2.45, 2.75) is 32.6 Å². The highest BCUT2D eigenvalue weighted by Gasteiger charge is 2.16. The lowest BCUT2D eigenvalue weighted by Gasteiger charge is -2.23. The Labute approximate surface area is 98.7 Å². The molecule has 1 aromatic rings. The minimum atomic E-state index is 0.844. The van der Waals surface area contributed by atoms with E-state index in [1.54, 1.807) is 11.1 Å². The standard InChI is InChI=1S/C16H20/c1-2-3-4-5-8-14-11-12-15-9-6-7-10-16(15)13-14/h2-7,9-10,14H,8,11-13H2,1H3/b3-2-,5-4+. The topological polar surface area (TPSA) is 0 Å². The summed E-state index contributed by atoms with van der Waals surface area (Å²) < 4.78 is 0.